The van der Waals surface area contributed by atoms with Crippen LogP contribution in [0.5, 0.6) is 0 Å². The predicted molar refractivity (Wildman–Crippen MR) is 77.6 cm³/mol. The smallest absolute Gasteiger partial charge is 0.222 e. The van der Waals surface area contributed by atoms with Crippen LogP contribution in [0.3, 0.4) is 0 Å². The van der Waals surface area contributed by atoms with Crippen molar-refractivity contribution in [2.75, 3.05) is 5.73 Å². The fourth-order valence-electron chi connectivity index (χ4n) is 2.09. The molecule has 0 radical (unpaired) electrons. The number of aromatic nitrogens is 2. The van der Waals surface area contributed by atoms with E-state index in [1.807, 2.05) is 22.8 Å². The van der Waals surface area contributed by atoms with E-state index in [9.17, 15) is 4.79 Å². The second kappa shape index (κ2) is 4.85. The number of nitrogens with two attached hydrogens (primary N) is 1. The van der Waals surface area contributed by atoms with Crippen molar-refractivity contribution in [3.63, 3.8) is 0 Å². The van der Waals surface area contributed by atoms with Gasteiger partial charge >= 0.3 is 0 Å². The molecular formula is C13H15BrN4O. The number of amides is 1. The Bertz CT molecular complexity index is 633. The Kier molecular flexibility index (Phi) is 3.18. The fraction of sp³-hybridized carbons (Fsp3) is 0.385. The molecule has 0 atom stereocenters. The Morgan fingerprint density at radius 2 is 2.32 bits per heavy atom. The number of carbonyl (C=O) groups excluding carboxylic acids is 1. The molecule has 3 rings (SSSR count). The Morgan fingerprint density at radius 3 is 3.05 bits per heavy atom. The second-order valence-corrected chi connectivity index (χ2v) is 5.76. The Labute approximate surface area is 119 Å². The maximum Gasteiger partial charge on any atom is 0.222 e. The van der Waals surface area contributed by atoms with Crippen molar-refractivity contribution in [1.29, 1.82) is 0 Å². The lowest BCUT2D eigenvalue weighted by atomic mass is 10.3. The van der Waals surface area contributed by atoms with E-state index in [0.717, 1.165) is 28.3 Å². The minimum absolute atomic E-state index is 0.0822. The fourth-order valence-corrected chi connectivity index (χ4v) is 2.44. The Hall–Kier alpha value is -1.56. The summed E-state index contributed by atoms with van der Waals surface area (Å²) >= 11 is 3.44. The first-order valence-corrected chi connectivity index (χ1v) is 7.13. The third kappa shape index (κ3) is 2.73. The van der Waals surface area contributed by atoms with Crippen LogP contribution in [-0.4, -0.2) is 21.5 Å². The molecule has 1 saturated carbocycles. The van der Waals surface area contributed by atoms with Gasteiger partial charge in [0.1, 0.15) is 0 Å². The number of nitrogens with one attached hydrogen (secondary N) is 1. The summed E-state index contributed by atoms with van der Waals surface area (Å²) in [4.78, 5) is 16.0. The maximum absolute atomic E-state index is 11.7. The van der Waals surface area contributed by atoms with Gasteiger partial charge in [-0.1, -0.05) is 15.9 Å². The summed E-state index contributed by atoms with van der Waals surface area (Å²) in [6.45, 7) is 0.553. The number of aryl methyl sites for hydroxylation is 1. The molecule has 1 fully saturated rings. The monoisotopic (exact) mass is 322 g/mol. The number of hydrogen-bond acceptors (Lipinski definition) is 3. The van der Waals surface area contributed by atoms with Crippen LogP contribution in [-0.2, 0) is 11.3 Å². The normalized spacial score (nSPS) is 14.8. The Morgan fingerprint density at radius 1 is 1.53 bits per heavy atom. The average molecular weight is 323 g/mol. The molecule has 0 bridgehead atoms. The lowest BCUT2D eigenvalue weighted by molar-refractivity contribution is -0.121. The third-order valence-corrected chi connectivity index (χ3v) is 3.74. The van der Waals surface area contributed by atoms with Crippen LogP contribution in [0.15, 0.2) is 22.7 Å². The Balaban J connectivity index is 1.77. The molecule has 2 aromatic rings. The van der Waals surface area contributed by atoms with Gasteiger partial charge in [0.25, 0.3) is 0 Å². The summed E-state index contributed by atoms with van der Waals surface area (Å²) in [5.74, 6) is 0.533. The van der Waals surface area contributed by atoms with Crippen LogP contribution in [0.25, 0.3) is 11.0 Å². The highest BCUT2D eigenvalue weighted by molar-refractivity contribution is 9.10. The summed E-state index contributed by atoms with van der Waals surface area (Å²) in [5, 5.41) is 2.97. The van der Waals surface area contributed by atoms with Gasteiger partial charge in [0.05, 0.1) is 11.0 Å². The predicted octanol–water partition coefficient (Wildman–Crippen LogP) is 2.05. The van der Waals surface area contributed by atoms with Crippen molar-refractivity contribution in [2.24, 2.45) is 0 Å². The number of carbonyl (C=O) groups is 1. The van der Waals surface area contributed by atoms with E-state index in [-0.39, 0.29) is 5.91 Å². The van der Waals surface area contributed by atoms with Crippen LogP contribution >= 0.6 is 15.9 Å². The van der Waals surface area contributed by atoms with Gasteiger partial charge < -0.3 is 15.6 Å². The zero-order chi connectivity index (χ0) is 13.4. The first-order chi connectivity index (χ1) is 9.13. The first kappa shape index (κ1) is 12.5. The van der Waals surface area contributed by atoms with Gasteiger partial charge in [0, 0.05) is 23.5 Å². The number of fused-ring (bicyclic) bond motifs is 1. The molecule has 100 valence electrons. The second-order valence-electron chi connectivity index (χ2n) is 4.85. The number of rotatable bonds is 4. The van der Waals surface area contributed by atoms with Gasteiger partial charge in [0.2, 0.25) is 11.9 Å². The van der Waals surface area contributed by atoms with Crippen LogP contribution in [0.1, 0.15) is 19.3 Å². The zero-order valence-corrected chi connectivity index (χ0v) is 12.0. The molecule has 1 aromatic carbocycles. The standard InChI is InChI=1S/C13H15BrN4O/c14-8-1-4-10-11(7-8)18(13(15)17-10)6-5-12(19)16-9-2-3-9/h1,4,7,9H,2-3,5-6H2,(H2,15,17)(H,16,19). The molecule has 19 heavy (non-hydrogen) atoms. The highest BCUT2D eigenvalue weighted by Crippen LogP contribution is 2.23. The van der Waals surface area contributed by atoms with Crippen molar-refractivity contribution in [2.45, 2.75) is 31.8 Å². The van der Waals surface area contributed by atoms with Gasteiger partial charge in [-0.25, -0.2) is 4.98 Å². The molecule has 0 aliphatic heterocycles. The summed E-state index contributed by atoms with van der Waals surface area (Å²) < 4.78 is 2.86. The molecule has 0 spiro atoms. The van der Waals surface area contributed by atoms with E-state index in [1.165, 1.54) is 0 Å². The molecule has 3 N–H and O–H groups in total. The zero-order valence-electron chi connectivity index (χ0n) is 10.4. The van der Waals surface area contributed by atoms with E-state index in [4.69, 9.17) is 5.73 Å². The van der Waals surface area contributed by atoms with Crippen LogP contribution in [0.4, 0.5) is 5.95 Å². The van der Waals surface area contributed by atoms with Crippen molar-refractivity contribution in [3.05, 3.63) is 22.7 Å². The van der Waals surface area contributed by atoms with Gasteiger partial charge in [-0.2, -0.15) is 0 Å². The van der Waals surface area contributed by atoms with Crippen LogP contribution in [0.2, 0.25) is 0 Å². The maximum atomic E-state index is 11.7. The molecule has 6 heteroatoms. The highest BCUT2D eigenvalue weighted by atomic mass is 79.9. The minimum Gasteiger partial charge on any atom is -0.369 e. The highest BCUT2D eigenvalue weighted by Gasteiger charge is 2.23. The van der Waals surface area contributed by atoms with Gasteiger partial charge in [-0.15, -0.1) is 0 Å². The van der Waals surface area contributed by atoms with Crippen molar-refractivity contribution in [3.8, 4) is 0 Å². The number of nitrogen functional groups attached to an aromatic ring is 1. The molecule has 1 amide bonds. The molecule has 1 aliphatic carbocycles. The molecular weight excluding hydrogens is 308 g/mol. The number of halogens is 1. The molecule has 1 heterocycles. The van der Waals surface area contributed by atoms with Crippen molar-refractivity contribution in [1.82, 2.24) is 14.9 Å². The number of imidazole rings is 1. The lowest BCUT2D eigenvalue weighted by Crippen LogP contribution is -2.26. The minimum atomic E-state index is 0.0822. The van der Waals surface area contributed by atoms with E-state index >= 15 is 0 Å². The molecule has 0 unspecified atom stereocenters. The number of benzene rings is 1. The van der Waals surface area contributed by atoms with Crippen LogP contribution < -0.4 is 11.1 Å². The summed E-state index contributed by atoms with van der Waals surface area (Å²) in [6.07, 6.45) is 2.64. The average Bonchev–Trinajstić information content (AvgIpc) is 3.11. The van der Waals surface area contributed by atoms with Gasteiger partial charge in [-0.05, 0) is 31.0 Å². The molecule has 5 nitrogen and oxygen atoms in total. The van der Waals surface area contributed by atoms with Gasteiger partial charge in [0.15, 0.2) is 0 Å². The quantitative estimate of drug-likeness (QED) is 0.904. The van der Waals surface area contributed by atoms with E-state index < -0.39 is 0 Å². The summed E-state index contributed by atoms with van der Waals surface area (Å²) in [7, 11) is 0. The van der Waals surface area contributed by atoms with E-state index in [2.05, 4.69) is 26.2 Å². The topological polar surface area (TPSA) is 72.9 Å². The van der Waals surface area contributed by atoms with Gasteiger partial charge in [-0.3, -0.25) is 4.79 Å². The first-order valence-electron chi connectivity index (χ1n) is 6.34. The van der Waals surface area contributed by atoms with Crippen molar-refractivity contribution < 1.29 is 4.79 Å². The largest absolute Gasteiger partial charge is 0.369 e. The van der Waals surface area contributed by atoms with Crippen molar-refractivity contribution >= 4 is 38.8 Å². The number of hydrogen-bond donors (Lipinski definition) is 2. The molecule has 1 aliphatic rings. The summed E-state index contributed by atoms with van der Waals surface area (Å²) in [6, 6.07) is 6.21. The molecule has 1 aromatic heterocycles. The number of anilines is 1. The van der Waals surface area contributed by atoms with E-state index in [0.29, 0.717) is 25.0 Å². The molecule has 0 saturated heterocycles. The third-order valence-electron chi connectivity index (χ3n) is 3.24. The van der Waals surface area contributed by atoms with Crippen LogP contribution in [0, 0.1) is 0 Å². The summed E-state index contributed by atoms with van der Waals surface area (Å²) in [5.41, 5.74) is 7.71. The van der Waals surface area contributed by atoms with E-state index in [1.54, 1.807) is 0 Å². The number of nitrogens with zero attached hydrogens (tertiary/aromatic N) is 2. The lowest BCUT2D eigenvalue weighted by Gasteiger charge is -2.07. The SMILES string of the molecule is Nc1nc2ccc(Br)cc2n1CCC(=O)NC1CC1.